The summed E-state index contributed by atoms with van der Waals surface area (Å²) in [5, 5.41) is 21.7. The van der Waals surface area contributed by atoms with E-state index in [0.717, 1.165) is 0 Å². The molecule has 0 spiro atoms. The molecule has 1 aliphatic heterocycles. The third kappa shape index (κ3) is 2.60. The number of para-hydroxylation sites is 1. The Hall–Kier alpha value is -2.06. The highest BCUT2D eigenvalue weighted by molar-refractivity contribution is 5.80. The van der Waals surface area contributed by atoms with Crippen molar-refractivity contribution < 1.29 is 9.90 Å². The number of nitriles is 1. The van der Waals surface area contributed by atoms with Crippen molar-refractivity contribution in [3.63, 3.8) is 0 Å². The zero-order valence-electron chi connectivity index (χ0n) is 9.97. The number of hydrogen-bond donors (Lipinski definition) is 2. The van der Waals surface area contributed by atoms with Gasteiger partial charge >= 0.3 is 0 Å². The number of hydrogen-bond acceptors (Lipinski definition) is 4. The van der Waals surface area contributed by atoms with Crippen molar-refractivity contribution in [2.24, 2.45) is 0 Å². The van der Waals surface area contributed by atoms with Crippen LogP contribution in [0.2, 0.25) is 0 Å². The van der Waals surface area contributed by atoms with Crippen LogP contribution < -0.4 is 5.32 Å². The fraction of sp³-hybridized carbons (Fsp3) is 0.385. The first kappa shape index (κ1) is 12.4. The maximum atomic E-state index is 12.1. The molecule has 1 saturated heterocycles. The van der Waals surface area contributed by atoms with E-state index in [9.17, 15) is 9.90 Å². The molecule has 0 bridgehead atoms. The first-order chi connectivity index (χ1) is 8.72. The largest absolute Gasteiger partial charge is 0.508 e. The molecule has 0 aromatic heterocycles. The van der Waals surface area contributed by atoms with E-state index in [1.807, 2.05) is 0 Å². The maximum absolute atomic E-state index is 12.1. The molecular weight excluding hydrogens is 230 g/mol. The fourth-order valence-corrected chi connectivity index (χ4v) is 2.04. The van der Waals surface area contributed by atoms with Gasteiger partial charge in [-0.3, -0.25) is 4.79 Å². The van der Waals surface area contributed by atoms with Gasteiger partial charge in [0, 0.05) is 25.2 Å². The molecule has 0 aliphatic carbocycles. The minimum absolute atomic E-state index is 0.120. The van der Waals surface area contributed by atoms with Gasteiger partial charge < -0.3 is 15.3 Å². The van der Waals surface area contributed by atoms with Crippen molar-refractivity contribution >= 4 is 5.91 Å². The predicted molar refractivity (Wildman–Crippen MR) is 65.8 cm³/mol. The molecule has 2 N–H and O–H groups in total. The Morgan fingerprint density at radius 1 is 1.56 bits per heavy atom. The highest BCUT2D eigenvalue weighted by Crippen LogP contribution is 2.17. The van der Waals surface area contributed by atoms with E-state index in [0.29, 0.717) is 25.2 Å². The van der Waals surface area contributed by atoms with Gasteiger partial charge in [-0.25, -0.2) is 0 Å². The number of benzene rings is 1. The van der Waals surface area contributed by atoms with Crippen molar-refractivity contribution in [3.8, 4) is 11.8 Å². The van der Waals surface area contributed by atoms with Crippen LogP contribution in [-0.4, -0.2) is 41.6 Å². The zero-order valence-corrected chi connectivity index (χ0v) is 9.97. The molecule has 1 aromatic carbocycles. The number of carbonyl (C=O) groups excluding carboxylic acids is 1. The summed E-state index contributed by atoms with van der Waals surface area (Å²) in [5.74, 6) is -0.000887. The van der Waals surface area contributed by atoms with Gasteiger partial charge in [0.15, 0.2) is 0 Å². The molecule has 1 atom stereocenters. The van der Waals surface area contributed by atoms with Gasteiger partial charge in [0.1, 0.15) is 11.8 Å². The lowest BCUT2D eigenvalue weighted by Gasteiger charge is -2.32. The van der Waals surface area contributed by atoms with E-state index < -0.39 is 6.04 Å². The average molecular weight is 245 g/mol. The molecule has 2 rings (SSSR count). The van der Waals surface area contributed by atoms with Crippen molar-refractivity contribution in [3.05, 3.63) is 29.8 Å². The third-order valence-corrected chi connectivity index (χ3v) is 3.05. The average Bonchev–Trinajstić information content (AvgIpc) is 2.41. The maximum Gasteiger partial charge on any atom is 0.228 e. The first-order valence-corrected chi connectivity index (χ1v) is 5.89. The number of phenols is 1. The summed E-state index contributed by atoms with van der Waals surface area (Å²) < 4.78 is 0. The molecule has 1 unspecified atom stereocenters. The third-order valence-electron chi connectivity index (χ3n) is 3.05. The Kier molecular flexibility index (Phi) is 3.80. The van der Waals surface area contributed by atoms with Crippen LogP contribution >= 0.6 is 0 Å². The van der Waals surface area contributed by atoms with Gasteiger partial charge in [0.2, 0.25) is 5.91 Å². The van der Waals surface area contributed by atoms with Crippen LogP contribution in [0.3, 0.4) is 0 Å². The molecule has 1 aliphatic rings. The highest BCUT2D eigenvalue weighted by Gasteiger charge is 2.26. The Balaban J connectivity index is 2.08. The number of nitrogens with zero attached hydrogens (tertiary/aromatic N) is 2. The topological polar surface area (TPSA) is 76.4 Å². The SMILES string of the molecule is N#CC1CNCCN1C(=O)Cc1ccccc1O. The number of piperazine rings is 1. The quantitative estimate of drug-likeness (QED) is 0.783. The number of amides is 1. The lowest BCUT2D eigenvalue weighted by molar-refractivity contribution is -0.132. The fourth-order valence-electron chi connectivity index (χ4n) is 2.04. The molecule has 5 nitrogen and oxygen atoms in total. The van der Waals surface area contributed by atoms with Crippen molar-refractivity contribution in [2.45, 2.75) is 12.5 Å². The zero-order chi connectivity index (χ0) is 13.0. The lowest BCUT2D eigenvalue weighted by Crippen LogP contribution is -2.53. The van der Waals surface area contributed by atoms with E-state index in [2.05, 4.69) is 11.4 Å². The Morgan fingerprint density at radius 2 is 2.33 bits per heavy atom. The Bertz CT molecular complexity index is 481. The minimum Gasteiger partial charge on any atom is -0.508 e. The van der Waals surface area contributed by atoms with Crippen LogP contribution in [0.15, 0.2) is 24.3 Å². The van der Waals surface area contributed by atoms with Gasteiger partial charge in [0.25, 0.3) is 0 Å². The summed E-state index contributed by atoms with van der Waals surface area (Å²) in [6.07, 6.45) is 0.130. The van der Waals surface area contributed by atoms with Gasteiger partial charge in [0.05, 0.1) is 12.5 Å². The van der Waals surface area contributed by atoms with E-state index in [-0.39, 0.29) is 18.1 Å². The van der Waals surface area contributed by atoms with Crippen LogP contribution in [0.1, 0.15) is 5.56 Å². The second-order valence-corrected chi connectivity index (χ2v) is 4.24. The van der Waals surface area contributed by atoms with Crippen molar-refractivity contribution in [1.29, 1.82) is 5.26 Å². The molecule has 1 amide bonds. The Morgan fingerprint density at radius 3 is 3.06 bits per heavy atom. The summed E-state index contributed by atoms with van der Waals surface area (Å²) in [6, 6.07) is 8.47. The lowest BCUT2D eigenvalue weighted by atomic mass is 10.1. The standard InChI is InChI=1S/C13H15N3O2/c14-8-11-9-15-5-6-16(11)13(18)7-10-3-1-2-4-12(10)17/h1-4,11,15,17H,5-7,9H2. The minimum atomic E-state index is -0.419. The summed E-state index contributed by atoms with van der Waals surface area (Å²) in [4.78, 5) is 13.7. The number of aromatic hydroxyl groups is 1. The summed E-state index contributed by atoms with van der Waals surface area (Å²) >= 11 is 0. The molecule has 1 fully saturated rings. The van der Waals surface area contributed by atoms with Gasteiger partial charge in [-0.05, 0) is 6.07 Å². The number of carbonyl (C=O) groups is 1. The van der Waals surface area contributed by atoms with Crippen molar-refractivity contribution in [2.75, 3.05) is 19.6 Å². The Labute approximate surface area is 106 Å². The van der Waals surface area contributed by atoms with E-state index in [1.165, 1.54) is 0 Å². The second-order valence-electron chi connectivity index (χ2n) is 4.24. The van der Waals surface area contributed by atoms with Crippen molar-refractivity contribution in [1.82, 2.24) is 10.2 Å². The predicted octanol–water partition coefficient (Wildman–Crippen LogP) is 0.259. The monoisotopic (exact) mass is 245 g/mol. The first-order valence-electron chi connectivity index (χ1n) is 5.89. The van der Waals surface area contributed by atoms with Crippen LogP contribution in [0.4, 0.5) is 0 Å². The number of rotatable bonds is 2. The van der Waals surface area contributed by atoms with Gasteiger partial charge in [-0.15, -0.1) is 0 Å². The van der Waals surface area contributed by atoms with E-state index >= 15 is 0 Å². The van der Waals surface area contributed by atoms with E-state index in [4.69, 9.17) is 5.26 Å². The van der Waals surface area contributed by atoms with Crippen LogP contribution in [0, 0.1) is 11.3 Å². The number of phenolic OH excluding ortho intramolecular Hbond substituents is 1. The summed E-state index contributed by atoms with van der Waals surface area (Å²) in [6.45, 7) is 1.73. The van der Waals surface area contributed by atoms with Crippen LogP contribution in [0.25, 0.3) is 0 Å². The number of nitrogens with one attached hydrogen (secondary N) is 1. The van der Waals surface area contributed by atoms with E-state index in [1.54, 1.807) is 29.2 Å². The molecule has 1 aromatic rings. The summed E-state index contributed by atoms with van der Waals surface area (Å²) in [5.41, 5.74) is 0.595. The van der Waals surface area contributed by atoms with Gasteiger partial charge in [-0.2, -0.15) is 5.26 Å². The molecule has 18 heavy (non-hydrogen) atoms. The smallest absolute Gasteiger partial charge is 0.228 e. The molecule has 1 heterocycles. The van der Waals surface area contributed by atoms with Crippen LogP contribution in [-0.2, 0) is 11.2 Å². The normalized spacial score (nSPS) is 19.3. The molecule has 0 radical (unpaired) electrons. The van der Waals surface area contributed by atoms with Gasteiger partial charge in [-0.1, -0.05) is 18.2 Å². The second kappa shape index (κ2) is 5.52. The van der Waals surface area contributed by atoms with Crippen LogP contribution in [0.5, 0.6) is 5.75 Å². The molecular formula is C13H15N3O2. The summed E-state index contributed by atoms with van der Waals surface area (Å²) in [7, 11) is 0. The highest BCUT2D eigenvalue weighted by atomic mass is 16.3. The molecule has 94 valence electrons. The molecule has 0 saturated carbocycles. The molecule has 5 heteroatoms.